The molecule has 0 spiro atoms. The Morgan fingerprint density at radius 2 is 1.75 bits per heavy atom. The molecule has 2 aromatic carbocycles. The van der Waals surface area contributed by atoms with Gasteiger partial charge in [0, 0.05) is 47.2 Å². The molecule has 1 atom stereocenters. The van der Waals surface area contributed by atoms with Crippen LogP contribution in [0.4, 0.5) is 5.69 Å². The number of anilines is 1. The fourth-order valence-electron chi connectivity index (χ4n) is 5.54. The Morgan fingerprint density at radius 3 is 2.53 bits per heavy atom. The summed E-state index contributed by atoms with van der Waals surface area (Å²) in [6.45, 7) is 6.72. The van der Waals surface area contributed by atoms with Crippen molar-refractivity contribution in [2.24, 2.45) is 5.92 Å². The third kappa shape index (κ3) is 3.70. The van der Waals surface area contributed by atoms with Gasteiger partial charge in [0.1, 0.15) is 0 Å². The van der Waals surface area contributed by atoms with Crippen molar-refractivity contribution in [3.05, 3.63) is 53.4 Å². The number of para-hydroxylation sites is 1. The van der Waals surface area contributed by atoms with Crippen molar-refractivity contribution in [2.75, 3.05) is 50.8 Å². The number of thiophene rings is 1. The quantitative estimate of drug-likeness (QED) is 0.650. The summed E-state index contributed by atoms with van der Waals surface area (Å²) >= 11 is 1.62. The highest BCUT2D eigenvalue weighted by atomic mass is 32.1. The summed E-state index contributed by atoms with van der Waals surface area (Å²) in [5.74, 6) is 0.714. The topological polar surface area (TPSA) is 44.8 Å². The Labute approximate surface area is 193 Å². The van der Waals surface area contributed by atoms with E-state index >= 15 is 0 Å². The van der Waals surface area contributed by atoms with Crippen LogP contribution in [-0.2, 0) is 4.74 Å². The van der Waals surface area contributed by atoms with Crippen molar-refractivity contribution in [1.82, 2.24) is 10.2 Å². The first-order valence-electron chi connectivity index (χ1n) is 11.7. The number of nitrogens with one attached hydrogen (secondary N) is 1. The molecule has 1 unspecified atom stereocenters. The van der Waals surface area contributed by atoms with Gasteiger partial charge in [0.2, 0.25) is 0 Å². The van der Waals surface area contributed by atoms with Crippen LogP contribution in [0, 0.1) is 5.92 Å². The van der Waals surface area contributed by atoms with E-state index in [1.807, 2.05) is 0 Å². The first kappa shape index (κ1) is 20.2. The second-order valence-electron chi connectivity index (χ2n) is 9.17. The van der Waals surface area contributed by atoms with Crippen LogP contribution in [0.5, 0.6) is 0 Å². The Hall–Kier alpha value is -2.41. The molecular weight excluding hydrogens is 418 g/mol. The predicted octanol–water partition coefficient (Wildman–Crippen LogP) is 4.23. The fourth-order valence-corrected chi connectivity index (χ4v) is 6.63. The summed E-state index contributed by atoms with van der Waals surface area (Å²) < 4.78 is 6.75. The van der Waals surface area contributed by atoms with E-state index in [-0.39, 0.29) is 11.9 Å². The van der Waals surface area contributed by atoms with Gasteiger partial charge in [-0.3, -0.25) is 4.79 Å². The SMILES string of the molecule is O=C(NC1CN2CCC1CC2)c1cc2cccc(-c3ccccc3N3CCOCC3)c2s1. The van der Waals surface area contributed by atoms with E-state index < -0.39 is 0 Å². The first-order valence-corrected chi connectivity index (χ1v) is 12.6. The maximum absolute atomic E-state index is 13.2. The summed E-state index contributed by atoms with van der Waals surface area (Å²) in [7, 11) is 0. The highest BCUT2D eigenvalue weighted by Gasteiger charge is 2.35. The molecule has 4 aliphatic heterocycles. The molecule has 1 aromatic heterocycles. The molecule has 1 amide bonds. The molecule has 0 saturated carbocycles. The number of ether oxygens (including phenoxy) is 1. The maximum Gasteiger partial charge on any atom is 0.261 e. The molecule has 4 fully saturated rings. The number of benzene rings is 2. The smallest absolute Gasteiger partial charge is 0.261 e. The largest absolute Gasteiger partial charge is 0.378 e. The molecule has 32 heavy (non-hydrogen) atoms. The van der Waals surface area contributed by atoms with Crippen LogP contribution in [-0.4, -0.2) is 62.8 Å². The van der Waals surface area contributed by atoms with Crippen LogP contribution in [0.25, 0.3) is 21.2 Å². The number of carbonyl (C=O) groups is 1. The molecule has 5 heterocycles. The third-order valence-corrected chi connectivity index (χ3v) is 8.47. The van der Waals surface area contributed by atoms with Crippen LogP contribution < -0.4 is 10.2 Å². The number of hydrogen-bond donors (Lipinski definition) is 1. The normalized spacial score (nSPS) is 25.2. The van der Waals surface area contributed by atoms with Crippen molar-refractivity contribution in [1.29, 1.82) is 0 Å². The molecule has 1 N–H and O–H groups in total. The van der Waals surface area contributed by atoms with Gasteiger partial charge >= 0.3 is 0 Å². The maximum atomic E-state index is 13.2. The van der Waals surface area contributed by atoms with Gasteiger partial charge < -0.3 is 19.9 Å². The summed E-state index contributed by atoms with van der Waals surface area (Å²) in [5.41, 5.74) is 3.68. The number of fused-ring (bicyclic) bond motifs is 4. The van der Waals surface area contributed by atoms with Crippen molar-refractivity contribution in [3.63, 3.8) is 0 Å². The lowest BCUT2D eigenvalue weighted by atomic mass is 9.84. The molecule has 4 aliphatic rings. The van der Waals surface area contributed by atoms with Crippen molar-refractivity contribution >= 4 is 33.0 Å². The lowest BCUT2D eigenvalue weighted by Gasteiger charge is -2.44. The van der Waals surface area contributed by atoms with E-state index in [0.29, 0.717) is 5.92 Å². The van der Waals surface area contributed by atoms with E-state index in [0.717, 1.165) is 43.1 Å². The molecule has 7 rings (SSSR count). The number of morpholine rings is 1. The van der Waals surface area contributed by atoms with Crippen LogP contribution in [0.1, 0.15) is 22.5 Å². The number of amides is 1. The number of nitrogens with zero attached hydrogens (tertiary/aromatic N) is 2. The minimum absolute atomic E-state index is 0.0809. The predicted molar refractivity (Wildman–Crippen MR) is 131 cm³/mol. The molecule has 3 aromatic rings. The van der Waals surface area contributed by atoms with Gasteiger partial charge in [0.15, 0.2) is 0 Å². The lowest BCUT2D eigenvalue weighted by molar-refractivity contribution is 0.0622. The van der Waals surface area contributed by atoms with Crippen LogP contribution in [0.2, 0.25) is 0 Å². The Bertz CT molecular complexity index is 1130. The molecule has 6 heteroatoms. The van der Waals surface area contributed by atoms with Gasteiger partial charge in [-0.15, -0.1) is 11.3 Å². The number of carbonyl (C=O) groups excluding carboxylic acids is 1. The molecule has 166 valence electrons. The number of rotatable bonds is 4. The second kappa shape index (κ2) is 8.50. The molecule has 4 saturated heterocycles. The van der Waals surface area contributed by atoms with E-state index in [2.05, 4.69) is 63.6 Å². The molecule has 5 nitrogen and oxygen atoms in total. The molecule has 2 bridgehead atoms. The summed E-state index contributed by atoms with van der Waals surface area (Å²) in [4.78, 5) is 18.9. The Balaban J connectivity index is 1.31. The Morgan fingerprint density at radius 1 is 0.969 bits per heavy atom. The van der Waals surface area contributed by atoms with Crippen LogP contribution in [0.3, 0.4) is 0 Å². The van der Waals surface area contributed by atoms with Gasteiger partial charge in [0.05, 0.1) is 18.1 Å². The van der Waals surface area contributed by atoms with Crippen LogP contribution >= 0.6 is 11.3 Å². The summed E-state index contributed by atoms with van der Waals surface area (Å²) in [5, 5.41) is 4.50. The highest BCUT2D eigenvalue weighted by Crippen LogP contribution is 2.39. The zero-order chi connectivity index (χ0) is 21.5. The monoisotopic (exact) mass is 447 g/mol. The average Bonchev–Trinajstić information content (AvgIpc) is 3.30. The fraction of sp³-hybridized carbons (Fsp3) is 0.423. The van der Waals surface area contributed by atoms with Crippen molar-refractivity contribution in [2.45, 2.75) is 18.9 Å². The number of hydrogen-bond acceptors (Lipinski definition) is 5. The zero-order valence-electron chi connectivity index (χ0n) is 18.3. The van der Waals surface area contributed by atoms with Gasteiger partial charge in [0.25, 0.3) is 5.91 Å². The first-order chi connectivity index (χ1) is 15.8. The second-order valence-corrected chi connectivity index (χ2v) is 10.2. The molecule has 0 radical (unpaired) electrons. The number of piperidine rings is 3. The van der Waals surface area contributed by atoms with Crippen molar-refractivity contribution in [3.8, 4) is 11.1 Å². The van der Waals surface area contributed by atoms with Gasteiger partial charge in [-0.25, -0.2) is 0 Å². The Kier molecular flexibility index (Phi) is 5.37. The van der Waals surface area contributed by atoms with Gasteiger partial charge in [-0.05, 0) is 49.4 Å². The van der Waals surface area contributed by atoms with E-state index in [9.17, 15) is 4.79 Å². The average molecular weight is 448 g/mol. The zero-order valence-corrected chi connectivity index (χ0v) is 19.1. The molecule has 0 aliphatic carbocycles. The van der Waals surface area contributed by atoms with E-state index in [1.54, 1.807) is 11.3 Å². The van der Waals surface area contributed by atoms with E-state index in [4.69, 9.17) is 4.74 Å². The van der Waals surface area contributed by atoms with E-state index in [1.165, 1.54) is 47.4 Å². The van der Waals surface area contributed by atoms with Crippen LogP contribution in [0.15, 0.2) is 48.5 Å². The standard InChI is InChI=1S/C26H29N3O2S/c30-26(27-22-17-28-10-8-18(22)9-11-28)24-16-19-4-3-6-21(25(19)32-24)20-5-1-2-7-23(20)29-12-14-31-15-13-29/h1-7,16,18,22H,8-15,17H2,(H,27,30). The molecular formula is C26H29N3O2S. The minimum Gasteiger partial charge on any atom is -0.378 e. The lowest BCUT2D eigenvalue weighted by Crippen LogP contribution is -2.57. The third-order valence-electron chi connectivity index (χ3n) is 7.29. The van der Waals surface area contributed by atoms with Gasteiger partial charge in [-0.1, -0.05) is 36.4 Å². The highest BCUT2D eigenvalue weighted by molar-refractivity contribution is 7.21. The van der Waals surface area contributed by atoms with Gasteiger partial charge in [-0.2, -0.15) is 0 Å². The van der Waals surface area contributed by atoms with Crippen molar-refractivity contribution < 1.29 is 9.53 Å². The minimum atomic E-state index is 0.0809. The summed E-state index contributed by atoms with van der Waals surface area (Å²) in [6, 6.07) is 17.4. The summed E-state index contributed by atoms with van der Waals surface area (Å²) in [6.07, 6.45) is 2.42.